The first-order valence-electron chi connectivity index (χ1n) is 7.16. The van der Waals surface area contributed by atoms with Gasteiger partial charge in [-0.15, -0.1) is 0 Å². The van der Waals surface area contributed by atoms with Crippen molar-refractivity contribution in [1.82, 2.24) is 5.32 Å². The zero-order valence-corrected chi connectivity index (χ0v) is 11.9. The van der Waals surface area contributed by atoms with Crippen molar-refractivity contribution in [3.8, 4) is 0 Å². The Morgan fingerprint density at radius 2 is 2.26 bits per heavy atom. The van der Waals surface area contributed by atoms with Gasteiger partial charge in [-0.2, -0.15) is 0 Å². The molecule has 3 heteroatoms. The van der Waals surface area contributed by atoms with Crippen LogP contribution in [-0.4, -0.2) is 19.0 Å². The van der Waals surface area contributed by atoms with E-state index >= 15 is 0 Å². The Bertz CT molecular complexity index is 436. The highest BCUT2D eigenvalue weighted by Gasteiger charge is 2.15. The van der Waals surface area contributed by atoms with Crippen LogP contribution in [0.5, 0.6) is 0 Å². The number of nitrogens with one attached hydrogen (secondary N) is 1. The van der Waals surface area contributed by atoms with Gasteiger partial charge >= 0.3 is 0 Å². The Morgan fingerprint density at radius 1 is 1.42 bits per heavy atom. The lowest BCUT2D eigenvalue weighted by Gasteiger charge is -2.21. The number of carbonyl (C=O) groups is 1. The third-order valence-corrected chi connectivity index (χ3v) is 3.97. The van der Waals surface area contributed by atoms with Crippen LogP contribution in [0.2, 0.25) is 0 Å². The van der Waals surface area contributed by atoms with E-state index in [0.717, 1.165) is 30.8 Å². The summed E-state index contributed by atoms with van der Waals surface area (Å²) in [5.74, 6) is 0.734. The lowest BCUT2D eigenvalue weighted by molar-refractivity contribution is -0.116. The quantitative estimate of drug-likeness (QED) is 0.887. The number of anilines is 1. The van der Waals surface area contributed by atoms with Crippen molar-refractivity contribution in [2.24, 2.45) is 5.92 Å². The number of carbonyl (C=O) groups excluding carboxylic acids is 1. The number of hydrogen-bond donors (Lipinski definition) is 1. The van der Waals surface area contributed by atoms with Gasteiger partial charge in [0.05, 0.1) is 0 Å². The van der Waals surface area contributed by atoms with E-state index in [0.29, 0.717) is 12.3 Å². The Labute approximate surface area is 115 Å². The molecule has 0 aromatic heterocycles. The predicted molar refractivity (Wildman–Crippen MR) is 78.4 cm³/mol. The number of nitrogens with zero attached hydrogens (tertiary/aromatic N) is 1. The fraction of sp³-hybridized carbons (Fsp3) is 0.562. The van der Waals surface area contributed by atoms with Crippen molar-refractivity contribution in [2.45, 2.75) is 39.5 Å². The van der Waals surface area contributed by atoms with Gasteiger partial charge in [-0.25, -0.2) is 5.32 Å². The summed E-state index contributed by atoms with van der Waals surface area (Å²) in [5, 5.41) is 7.44. The molecule has 0 bridgehead atoms. The number of rotatable bonds is 4. The van der Waals surface area contributed by atoms with E-state index in [1.165, 1.54) is 18.4 Å². The molecule has 103 valence electrons. The van der Waals surface area contributed by atoms with Gasteiger partial charge in [-0.05, 0) is 56.2 Å². The summed E-state index contributed by atoms with van der Waals surface area (Å²) in [6, 6.07) is 6.02. The second-order valence-corrected chi connectivity index (χ2v) is 5.47. The van der Waals surface area contributed by atoms with Gasteiger partial charge in [0.1, 0.15) is 0 Å². The Morgan fingerprint density at radius 3 is 3.00 bits per heavy atom. The van der Waals surface area contributed by atoms with Gasteiger partial charge in [-0.3, -0.25) is 4.79 Å². The first-order valence-corrected chi connectivity index (χ1v) is 7.16. The summed E-state index contributed by atoms with van der Waals surface area (Å²) < 4.78 is 0. The largest absolute Gasteiger partial charge is 0.326 e. The average molecular weight is 259 g/mol. The maximum atomic E-state index is 12.0. The molecule has 3 nitrogen and oxygen atoms in total. The van der Waals surface area contributed by atoms with Crippen molar-refractivity contribution in [3.05, 3.63) is 29.3 Å². The molecule has 1 amide bonds. The number of amides is 1. The van der Waals surface area contributed by atoms with Crippen molar-refractivity contribution >= 4 is 11.6 Å². The molecule has 1 heterocycles. The molecule has 1 aromatic carbocycles. The zero-order chi connectivity index (χ0) is 13.7. The molecule has 1 unspecified atom stereocenters. The number of hydrogen-bond acceptors (Lipinski definition) is 1. The van der Waals surface area contributed by atoms with Crippen molar-refractivity contribution in [1.29, 1.82) is 0 Å². The molecule has 0 saturated carbocycles. The summed E-state index contributed by atoms with van der Waals surface area (Å²) >= 11 is 0. The van der Waals surface area contributed by atoms with E-state index in [4.69, 9.17) is 0 Å². The molecule has 1 aliphatic heterocycles. The number of aryl methyl sites for hydroxylation is 1. The van der Waals surface area contributed by atoms with E-state index in [1.807, 2.05) is 19.1 Å². The fourth-order valence-electron chi connectivity index (χ4n) is 2.53. The zero-order valence-electron chi connectivity index (χ0n) is 11.9. The lowest BCUT2D eigenvalue weighted by atomic mass is 9.94. The smallest absolute Gasteiger partial charge is 0.224 e. The molecule has 1 aliphatic rings. The summed E-state index contributed by atoms with van der Waals surface area (Å²) in [6.45, 7) is 6.06. The van der Waals surface area contributed by atoms with Crippen LogP contribution < -0.4 is 10.6 Å². The van der Waals surface area contributed by atoms with E-state index < -0.39 is 0 Å². The highest BCUT2D eigenvalue weighted by atomic mass is 16.1. The van der Waals surface area contributed by atoms with E-state index in [-0.39, 0.29) is 5.91 Å². The topological polar surface area (TPSA) is 43.2 Å². The lowest BCUT2D eigenvalue weighted by Crippen LogP contribution is -2.25. The molecule has 19 heavy (non-hydrogen) atoms. The highest BCUT2D eigenvalue weighted by Crippen LogP contribution is 2.20. The van der Waals surface area contributed by atoms with Gasteiger partial charge in [0.2, 0.25) is 5.91 Å². The van der Waals surface area contributed by atoms with Crippen LogP contribution in [0, 0.1) is 19.8 Å². The van der Waals surface area contributed by atoms with Crippen LogP contribution in [0.4, 0.5) is 5.69 Å². The molecular weight excluding hydrogens is 236 g/mol. The molecule has 1 radical (unpaired) electrons. The normalized spacial score (nSPS) is 19.2. The van der Waals surface area contributed by atoms with Crippen LogP contribution in [0.25, 0.3) is 0 Å². The van der Waals surface area contributed by atoms with E-state index in [2.05, 4.69) is 23.6 Å². The SMILES string of the molecule is Cc1cccc(NC(=O)CCC2CCC[N]C2)c1C. The van der Waals surface area contributed by atoms with Gasteiger partial charge in [0.25, 0.3) is 0 Å². The van der Waals surface area contributed by atoms with Crippen LogP contribution in [0.3, 0.4) is 0 Å². The van der Waals surface area contributed by atoms with Crippen LogP contribution in [0.15, 0.2) is 18.2 Å². The molecule has 0 spiro atoms. The monoisotopic (exact) mass is 259 g/mol. The Balaban J connectivity index is 1.82. The van der Waals surface area contributed by atoms with Crippen molar-refractivity contribution in [3.63, 3.8) is 0 Å². The van der Waals surface area contributed by atoms with Crippen LogP contribution in [0.1, 0.15) is 36.8 Å². The molecular formula is C16H23N2O. The van der Waals surface area contributed by atoms with E-state index in [9.17, 15) is 4.79 Å². The summed E-state index contributed by atoms with van der Waals surface area (Å²) in [4.78, 5) is 12.0. The van der Waals surface area contributed by atoms with Crippen LogP contribution in [-0.2, 0) is 4.79 Å². The molecule has 1 saturated heterocycles. The summed E-state index contributed by atoms with van der Waals surface area (Å²) in [5.41, 5.74) is 3.31. The first kappa shape index (κ1) is 14.1. The van der Waals surface area contributed by atoms with Crippen molar-refractivity contribution < 1.29 is 4.79 Å². The second-order valence-electron chi connectivity index (χ2n) is 5.47. The molecule has 1 fully saturated rings. The minimum atomic E-state index is 0.124. The number of piperidine rings is 1. The van der Waals surface area contributed by atoms with Crippen LogP contribution >= 0.6 is 0 Å². The minimum Gasteiger partial charge on any atom is -0.326 e. The third kappa shape index (κ3) is 4.06. The Hall–Kier alpha value is -1.35. The van der Waals surface area contributed by atoms with Gasteiger partial charge < -0.3 is 5.32 Å². The van der Waals surface area contributed by atoms with Crippen molar-refractivity contribution in [2.75, 3.05) is 18.4 Å². The maximum Gasteiger partial charge on any atom is 0.224 e. The predicted octanol–water partition coefficient (Wildman–Crippen LogP) is 3.04. The minimum absolute atomic E-state index is 0.124. The average Bonchev–Trinajstić information content (AvgIpc) is 2.43. The molecule has 1 atom stereocenters. The number of benzene rings is 1. The first-order chi connectivity index (χ1) is 9.16. The van der Waals surface area contributed by atoms with Gasteiger partial charge in [-0.1, -0.05) is 12.1 Å². The summed E-state index contributed by atoms with van der Waals surface area (Å²) in [6.07, 6.45) is 3.97. The second kappa shape index (κ2) is 6.71. The molecule has 2 rings (SSSR count). The van der Waals surface area contributed by atoms with Gasteiger partial charge in [0, 0.05) is 25.2 Å². The highest BCUT2D eigenvalue weighted by molar-refractivity contribution is 5.91. The standard InChI is InChI=1S/C16H23N2O/c1-12-5-3-7-15(13(12)2)18-16(19)9-8-14-6-4-10-17-11-14/h3,5,7,14H,4,6,8-11H2,1-2H3,(H,18,19). The molecule has 1 aromatic rings. The van der Waals surface area contributed by atoms with E-state index in [1.54, 1.807) is 0 Å². The molecule has 0 aliphatic carbocycles. The third-order valence-electron chi connectivity index (χ3n) is 3.97. The summed E-state index contributed by atoms with van der Waals surface area (Å²) in [7, 11) is 0. The van der Waals surface area contributed by atoms with Gasteiger partial charge in [0.15, 0.2) is 0 Å². The fourth-order valence-corrected chi connectivity index (χ4v) is 2.53. The molecule has 1 N–H and O–H groups in total. The maximum absolute atomic E-state index is 12.0. The Kier molecular flexibility index (Phi) is 4.97.